The molecule has 0 aromatic carbocycles. The van der Waals surface area contributed by atoms with Gasteiger partial charge in [-0.25, -0.2) is 14.5 Å². The van der Waals surface area contributed by atoms with Gasteiger partial charge in [-0.3, -0.25) is 15.0 Å². The van der Waals surface area contributed by atoms with Crippen LogP contribution >= 0.6 is 11.3 Å². The van der Waals surface area contributed by atoms with Gasteiger partial charge in [-0.15, -0.1) is 11.3 Å². The van der Waals surface area contributed by atoms with E-state index in [0.29, 0.717) is 18.2 Å². The molecule has 0 radical (unpaired) electrons. The average molecular weight is 417 g/mol. The van der Waals surface area contributed by atoms with Gasteiger partial charge in [0, 0.05) is 36.3 Å². The molecule has 1 atom stereocenters. The Morgan fingerprint density at radius 3 is 2.97 bits per heavy atom. The number of amides is 2. The van der Waals surface area contributed by atoms with Crippen molar-refractivity contribution in [2.75, 3.05) is 25.0 Å². The van der Waals surface area contributed by atoms with Crippen LogP contribution in [0, 0.1) is 0 Å². The first-order chi connectivity index (χ1) is 14.2. The summed E-state index contributed by atoms with van der Waals surface area (Å²) >= 11 is 1.60. The minimum Gasteiger partial charge on any atom is -0.336 e. The van der Waals surface area contributed by atoms with Crippen LogP contribution in [0.4, 0.5) is 9.93 Å². The minimum absolute atomic E-state index is 0.0790. The Hall–Kier alpha value is -2.26. The van der Waals surface area contributed by atoms with Crippen molar-refractivity contribution >= 4 is 22.5 Å². The molecule has 2 N–H and O–H groups in total. The van der Waals surface area contributed by atoms with E-state index in [9.17, 15) is 9.59 Å². The summed E-state index contributed by atoms with van der Waals surface area (Å²) in [6.45, 7) is 2.89. The normalized spacial score (nSPS) is 19.5. The van der Waals surface area contributed by atoms with Crippen LogP contribution in [0.15, 0.2) is 23.1 Å². The fourth-order valence-electron chi connectivity index (χ4n) is 4.12. The lowest BCUT2D eigenvalue weighted by molar-refractivity contribution is 0.139. The molecule has 4 rings (SSSR count). The minimum atomic E-state index is -0.192. The fourth-order valence-corrected chi connectivity index (χ4v) is 5.17. The Balaban J connectivity index is 1.27. The van der Waals surface area contributed by atoms with Gasteiger partial charge in [-0.2, -0.15) is 5.10 Å². The standard InChI is InChI=1S/C20H28N6O2S/c27-18-9-5-10-22-26(18)13-12-25-11-4-3-6-15(25)14-21-19(28)24-20-23-16-7-1-2-8-17(16)29-20/h5,9-10,15H,1-4,6-8,11-14H2,(H2,21,23,24,28). The van der Waals surface area contributed by atoms with Gasteiger partial charge in [-0.1, -0.05) is 6.42 Å². The summed E-state index contributed by atoms with van der Waals surface area (Å²) in [6.07, 6.45) is 9.48. The van der Waals surface area contributed by atoms with Crippen molar-refractivity contribution in [3.05, 3.63) is 39.3 Å². The molecular formula is C20H28N6O2S. The molecule has 1 aliphatic carbocycles. The lowest BCUT2D eigenvalue weighted by Crippen LogP contribution is -2.48. The summed E-state index contributed by atoms with van der Waals surface area (Å²) < 4.78 is 1.50. The van der Waals surface area contributed by atoms with Crippen LogP contribution < -0.4 is 16.2 Å². The Bertz CT molecular complexity index is 872. The van der Waals surface area contributed by atoms with Crippen LogP contribution in [0.2, 0.25) is 0 Å². The van der Waals surface area contributed by atoms with Gasteiger partial charge in [0.05, 0.1) is 12.2 Å². The zero-order valence-electron chi connectivity index (χ0n) is 16.6. The second-order valence-corrected chi connectivity index (χ2v) is 8.79. The topological polar surface area (TPSA) is 92.2 Å². The van der Waals surface area contributed by atoms with E-state index in [-0.39, 0.29) is 17.6 Å². The zero-order valence-corrected chi connectivity index (χ0v) is 17.4. The lowest BCUT2D eigenvalue weighted by atomic mass is 10.0. The number of anilines is 1. The summed E-state index contributed by atoms with van der Waals surface area (Å²) in [5.74, 6) is 0. The predicted molar refractivity (Wildman–Crippen MR) is 113 cm³/mol. The number of urea groups is 1. The number of rotatable bonds is 6. The number of aromatic nitrogens is 3. The highest BCUT2D eigenvalue weighted by Crippen LogP contribution is 2.29. The van der Waals surface area contributed by atoms with Crippen molar-refractivity contribution in [2.24, 2.45) is 0 Å². The highest BCUT2D eigenvalue weighted by molar-refractivity contribution is 7.15. The SMILES string of the molecule is O=C(NCC1CCCCN1CCn1ncccc1=O)Nc1nc2c(s1)CCCC2. The first-order valence-corrected chi connectivity index (χ1v) is 11.3. The van der Waals surface area contributed by atoms with Crippen molar-refractivity contribution in [2.45, 2.75) is 57.5 Å². The van der Waals surface area contributed by atoms with E-state index in [1.165, 1.54) is 28.5 Å². The van der Waals surface area contributed by atoms with Crippen molar-refractivity contribution in [1.29, 1.82) is 0 Å². The zero-order chi connectivity index (χ0) is 20.1. The average Bonchev–Trinajstić information content (AvgIpc) is 3.14. The molecule has 2 aromatic heterocycles. The molecule has 2 aliphatic rings. The Labute approximate surface area is 174 Å². The van der Waals surface area contributed by atoms with Gasteiger partial charge in [0.1, 0.15) is 0 Å². The third kappa shape index (κ3) is 5.22. The molecule has 9 heteroatoms. The first kappa shape index (κ1) is 20.0. The van der Waals surface area contributed by atoms with Crippen molar-refractivity contribution in [3.8, 4) is 0 Å². The van der Waals surface area contributed by atoms with Gasteiger partial charge in [0.25, 0.3) is 5.56 Å². The molecule has 29 heavy (non-hydrogen) atoms. The van der Waals surface area contributed by atoms with E-state index in [1.807, 2.05) is 0 Å². The van der Waals surface area contributed by atoms with Crippen LogP contribution in [-0.2, 0) is 19.4 Å². The van der Waals surface area contributed by atoms with Gasteiger partial charge in [0.15, 0.2) is 5.13 Å². The molecule has 0 saturated carbocycles. The van der Waals surface area contributed by atoms with Crippen molar-refractivity contribution in [3.63, 3.8) is 0 Å². The van der Waals surface area contributed by atoms with E-state index in [2.05, 4.69) is 25.6 Å². The molecule has 8 nitrogen and oxygen atoms in total. The third-order valence-corrected chi connectivity index (χ3v) is 6.77. The molecule has 156 valence electrons. The Kier molecular flexibility index (Phi) is 6.56. The summed E-state index contributed by atoms with van der Waals surface area (Å²) in [7, 11) is 0. The van der Waals surface area contributed by atoms with Gasteiger partial charge < -0.3 is 5.32 Å². The number of thiazole rings is 1. The molecule has 2 amide bonds. The van der Waals surface area contributed by atoms with Crippen LogP contribution in [0.5, 0.6) is 0 Å². The van der Waals surface area contributed by atoms with Gasteiger partial charge in [0.2, 0.25) is 0 Å². The maximum Gasteiger partial charge on any atom is 0.321 e. The van der Waals surface area contributed by atoms with Crippen molar-refractivity contribution in [1.82, 2.24) is 25.0 Å². The quantitative estimate of drug-likeness (QED) is 0.754. The van der Waals surface area contributed by atoms with E-state index >= 15 is 0 Å². The predicted octanol–water partition coefficient (Wildman–Crippen LogP) is 2.25. The number of aryl methyl sites for hydroxylation is 2. The Morgan fingerprint density at radius 2 is 2.10 bits per heavy atom. The number of nitrogens with one attached hydrogen (secondary N) is 2. The highest BCUT2D eigenvalue weighted by atomic mass is 32.1. The van der Waals surface area contributed by atoms with E-state index in [1.54, 1.807) is 23.6 Å². The maximum atomic E-state index is 12.4. The number of piperidine rings is 1. The van der Waals surface area contributed by atoms with E-state index in [4.69, 9.17) is 0 Å². The van der Waals surface area contributed by atoms with E-state index < -0.39 is 0 Å². The molecule has 1 unspecified atom stereocenters. The largest absolute Gasteiger partial charge is 0.336 e. The molecule has 1 aliphatic heterocycles. The third-order valence-electron chi connectivity index (χ3n) is 5.70. The summed E-state index contributed by atoms with van der Waals surface area (Å²) in [4.78, 5) is 32.5. The number of carbonyl (C=O) groups excluding carboxylic acids is 1. The van der Waals surface area contributed by atoms with Crippen LogP contribution in [0.25, 0.3) is 0 Å². The molecule has 2 aromatic rings. The lowest BCUT2D eigenvalue weighted by Gasteiger charge is -2.35. The van der Waals surface area contributed by atoms with Crippen LogP contribution in [0.1, 0.15) is 42.7 Å². The second-order valence-electron chi connectivity index (χ2n) is 7.70. The monoisotopic (exact) mass is 416 g/mol. The highest BCUT2D eigenvalue weighted by Gasteiger charge is 2.23. The molecule has 1 saturated heterocycles. The Morgan fingerprint density at radius 1 is 1.21 bits per heavy atom. The number of hydrogen-bond acceptors (Lipinski definition) is 6. The van der Waals surface area contributed by atoms with Crippen LogP contribution in [-0.4, -0.2) is 51.4 Å². The number of fused-ring (bicyclic) bond motifs is 1. The molecule has 1 fully saturated rings. The maximum absolute atomic E-state index is 12.4. The molecule has 0 spiro atoms. The van der Waals surface area contributed by atoms with Gasteiger partial charge in [-0.05, 0) is 51.1 Å². The van der Waals surface area contributed by atoms with Gasteiger partial charge >= 0.3 is 6.03 Å². The number of nitrogens with zero attached hydrogens (tertiary/aromatic N) is 4. The number of carbonyl (C=O) groups is 1. The van der Waals surface area contributed by atoms with Crippen molar-refractivity contribution < 1.29 is 4.79 Å². The van der Waals surface area contributed by atoms with E-state index in [0.717, 1.165) is 50.9 Å². The summed E-state index contributed by atoms with van der Waals surface area (Å²) in [5.41, 5.74) is 1.07. The second kappa shape index (κ2) is 9.49. The summed E-state index contributed by atoms with van der Waals surface area (Å²) in [6, 6.07) is 3.27. The smallest absolute Gasteiger partial charge is 0.321 e. The number of hydrogen-bond donors (Lipinski definition) is 2. The molecule has 0 bridgehead atoms. The number of likely N-dealkylation sites (tertiary alicyclic amines) is 1. The fraction of sp³-hybridized carbons (Fsp3) is 0.600. The summed E-state index contributed by atoms with van der Waals surface area (Å²) in [5, 5.41) is 10.7. The molecule has 3 heterocycles. The molecular weight excluding hydrogens is 388 g/mol. The van der Waals surface area contributed by atoms with Crippen LogP contribution in [0.3, 0.4) is 0 Å². The first-order valence-electron chi connectivity index (χ1n) is 10.5.